The number of hydrogen-bond donors (Lipinski definition) is 2. The summed E-state index contributed by atoms with van der Waals surface area (Å²) in [6.45, 7) is 0.235. The van der Waals surface area contributed by atoms with Gasteiger partial charge in [0.15, 0.2) is 0 Å². The van der Waals surface area contributed by atoms with Gasteiger partial charge in [0.05, 0.1) is 12.7 Å². The van der Waals surface area contributed by atoms with E-state index in [4.69, 9.17) is 14.6 Å². The summed E-state index contributed by atoms with van der Waals surface area (Å²) in [6, 6.07) is 20.4. The van der Waals surface area contributed by atoms with Crippen LogP contribution in [0, 0.1) is 0 Å². The second kappa shape index (κ2) is 8.73. The van der Waals surface area contributed by atoms with Gasteiger partial charge in [-0.2, -0.15) is 0 Å². The average Bonchev–Trinajstić information content (AvgIpc) is 2.73. The standard InChI is InChI=1S/C22H19NO5/c1-27-19-11-7-18(8-12-19)23-21(24)16-5-9-20(10-6-16)28-14-15-3-2-4-17(13-15)22(25)26/h2-13H,14H2,1H3,(H,23,24)(H,25,26). The van der Waals surface area contributed by atoms with Crippen molar-refractivity contribution in [1.82, 2.24) is 0 Å². The van der Waals surface area contributed by atoms with E-state index in [1.807, 2.05) is 0 Å². The monoisotopic (exact) mass is 377 g/mol. The summed E-state index contributed by atoms with van der Waals surface area (Å²) in [6.07, 6.45) is 0. The second-order valence-electron chi connectivity index (χ2n) is 6.00. The number of hydrogen-bond acceptors (Lipinski definition) is 4. The molecule has 0 fully saturated rings. The molecule has 6 heteroatoms. The first-order valence-electron chi connectivity index (χ1n) is 8.55. The van der Waals surface area contributed by atoms with Crippen LogP contribution in [0.15, 0.2) is 72.8 Å². The van der Waals surface area contributed by atoms with Crippen LogP contribution in [0.25, 0.3) is 0 Å². The maximum atomic E-state index is 12.3. The average molecular weight is 377 g/mol. The molecule has 1 amide bonds. The molecule has 3 aromatic carbocycles. The Balaban J connectivity index is 1.58. The Bertz CT molecular complexity index is 965. The van der Waals surface area contributed by atoms with Gasteiger partial charge in [-0.05, 0) is 66.2 Å². The van der Waals surface area contributed by atoms with Gasteiger partial charge >= 0.3 is 5.97 Å². The number of ether oxygens (including phenoxy) is 2. The largest absolute Gasteiger partial charge is 0.497 e. The summed E-state index contributed by atoms with van der Waals surface area (Å²) < 4.78 is 10.8. The van der Waals surface area contributed by atoms with E-state index in [1.54, 1.807) is 73.8 Å². The number of rotatable bonds is 7. The molecule has 0 saturated carbocycles. The fourth-order valence-electron chi connectivity index (χ4n) is 2.54. The van der Waals surface area contributed by atoms with E-state index in [0.29, 0.717) is 22.7 Å². The highest BCUT2D eigenvalue weighted by atomic mass is 16.5. The first-order chi connectivity index (χ1) is 13.5. The van der Waals surface area contributed by atoms with Crippen molar-refractivity contribution in [1.29, 1.82) is 0 Å². The van der Waals surface area contributed by atoms with Crippen molar-refractivity contribution in [2.75, 3.05) is 12.4 Å². The lowest BCUT2D eigenvalue weighted by Crippen LogP contribution is -2.11. The predicted molar refractivity (Wildman–Crippen MR) is 105 cm³/mol. The summed E-state index contributed by atoms with van der Waals surface area (Å²) in [5.41, 5.74) is 2.13. The summed E-state index contributed by atoms with van der Waals surface area (Å²) in [4.78, 5) is 23.3. The quantitative estimate of drug-likeness (QED) is 0.644. The van der Waals surface area contributed by atoms with Crippen molar-refractivity contribution in [2.45, 2.75) is 6.61 Å². The number of aromatic carboxylic acids is 1. The fourth-order valence-corrected chi connectivity index (χ4v) is 2.54. The van der Waals surface area contributed by atoms with E-state index >= 15 is 0 Å². The molecule has 0 bridgehead atoms. The molecule has 0 saturated heterocycles. The van der Waals surface area contributed by atoms with Gasteiger partial charge in [-0.25, -0.2) is 4.79 Å². The van der Waals surface area contributed by atoms with Crippen LogP contribution in [0.3, 0.4) is 0 Å². The molecule has 2 N–H and O–H groups in total. The van der Waals surface area contributed by atoms with Crippen molar-refractivity contribution in [3.05, 3.63) is 89.5 Å². The van der Waals surface area contributed by atoms with E-state index < -0.39 is 5.97 Å². The molecule has 0 atom stereocenters. The minimum Gasteiger partial charge on any atom is -0.497 e. The van der Waals surface area contributed by atoms with Gasteiger partial charge in [0.1, 0.15) is 18.1 Å². The number of carboxylic acids is 1. The topological polar surface area (TPSA) is 84.9 Å². The molecule has 28 heavy (non-hydrogen) atoms. The van der Waals surface area contributed by atoms with Crippen LogP contribution >= 0.6 is 0 Å². The smallest absolute Gasteiger partial charge is 0.335 e. The van der Waals surface area contributed by atoms with Crippen LogP contribution in [0.2, 0.25) is 0 Å². The second-order valence-corrected chi connectivity index (χ2v) is 6.00. The molecule has 3 rings (SSSR count). The van der Waals surface area contributed by atoms with Crippen LogP contribution in [0.5, 0.6) is 11.5 Å². The third-order valence-corrected chi connectivity index (χ3v) is 4.04. The molecule has 0 unspecified atom stereocenters. The first kappa shape index (κ1) is 19.0. The zero-order chi connectivity index (χ0) is 19.9. The molecule has 0 aliphatic heterocycles. The van der Waals surface area contributed by atoms with Gasteiger partial charge in [-0.15, -0.1) is 0 Å². The lowest BCUT2D eigenvalue weighted by atomic mass is 10.1. The predicted octanol–water partition coefficient (Wildman–Crippen LogP) is 4.22. The number of carbonyl (C=O) groups excluding carboxylic acids is 1. The molecule has 0 heterocycles. The maximum absolute atomic E-state index is 12.3. The van der Waals surface area contributed by atoms with Crippen LogP contribution < -0.4 is 14.8 Å². The Morgan fingerprint density at radius 2 is 1.57 bits per heavy atom. The minimum absolute atomic E-state index is 0.214. The Hall–Kier alpha value is -3.80. The lowest BCUT2D eigenvalue weighted by Gasteiger charge is -2.09. The van der Waals surface area contributed by atoms with E-state index in [-0.39, 0.29) is 18.1 Å². The Labute approximate surface area is 162 Å². The summed E-state index contributed by atoms with van der Waals surface area (Å²) >= 11 is 0. The van der Waals surface area contributed by atoms with Gasteiger partial charge in [-0.3, -0.25) is 4.79 Å². The zero-order valence-electron chi connectivity index (χ0n) is 15.2. The van der Waals surface area contributed by atoms with Crippen molar-refractivity contribution in [3.63, 3.8) is 0 Å². The first-order valence-corrected chi connectivity index (χ1v) is 8.55. The number of nitrogens with one attached hydrogen (secondary N) is 1. The number of carbonyl (C=O) groups is 2. The SMILES string of the molecule is COc1ccc(NC(=O)c2ccc(OCc3cccc(C(=O)O)c3)cc2)cc1. The number of benzene rings is 3. The highest BCUT2D eigenvalue weighted by Crippen LogP contribution is 2.18. The van der Waals surface area contributed by atoms with E-state index in [0.717, 1.165) is 5.56 Å². The molecule has 0 aliphatic rings. The van der Waals surface area contributed by atoms with Crippen molar-refractivity contribution < 1.29 is 24.2 Å². The van der Waals surface area contributed by atoms with E-state index in [9.17, 15) is 9.59 Å². The Kier molecular flexibility index (Phi) is 5.91. The third kappa shape index (κ3) is 4.88. The normalized spacial score (nSPS) is 10.2. The third-order valence-electron chi connectivity index (χ3n) is 4.04. The lowest BCUT2D eigenvalue weighted by molar-refractivity contribution is 0.0696. The van der Waals surface area contributed by atoms with Gasteiger partial charge in [-0.1, -0.05) is 12.1 Å². The number of methoxy groups -OCH3 is 1. The molecule has 0 aromatic heterocycles. The molecule has 0 radical (unpaired) electrons. The number of amides is 1. The van der Waals surface area contributed by atoms with Crippen molar-refractivity contribution in [3.8, 4) is 11.5 Å². The fraction of sp³-hybridized carbons (Fsp3) is 0.0909. The Morgan fingerprint density at radius 1 is 0.893 bits per heavy atom. The van der Waals surface area contributed by atoms with Crippen molar-refractivity contribution in [2.24, 2.45) is 0 Å². The summed E-state index contributed by atoms with van der Waals surface area (Å²) in [5, 5.41) is 11.8. The van der Waals surface area contributed by atoms with Crippen LogP contribution in [-0.2, 0) is 6.61 Å². The molecular formula is C22H19NO5. The van der Waals surface area contributed by atoms with Crippen LogP contribution in [0.1, 0.15) is 26.3 Å². The number of carboxylic acid groups (broad SMARTS) is 1. The molecule has 3 aromatic rings. The van der Waals surface area contributed by atoms with Crippen LogP contribution in [0.4, 0.5) is 5.69 Å². The van der Waals surface area contributed by atoms with Crippen molar-refractivity contribution >= 4 is 17.6 Å². The summed E-state index contributed by atoms with van der Waals surface area (Å²) in [5.74, 6) is 0.0927. The van der Waals surface area contributed by atoms with Gasteiger partial charge in [0.25, 0.3) is 5.91 Å². The maximum Gasteiger partial charge on any atom is 0.335 e. The zero-order valence-corrected chi connectivity index (χ0v) is 15.2. The Morgan fingerprint density at radius 3 is 2.21 bits per heavy atom. The molecule has 6 nitrogen and oxygen atoms in total. The highest BCUT2D eigenvalue weighted by Gasteiger charge is 2.07. The molecule has 0 spiro atoms. The van der Waals surface area contributed by atoms with E-state index in [1.165, 1.54) is 6.07 Å². The molecule has 142 valence electrons. The van der Waals surface area contributed by atoms with E-state index in [2.05, 4.69) is 5.32 Å². The highest BCUT2D eigenvalue weighted by molar-refractivity contribution is 6.04. The molecule has 0 aliphatic carbocycles. The van der Waals surface area contributed by atoms with Gasteiger partial charge in [0.2, 0.25) is 0 Å². The number of anilines is 1. The summed E-state index contributed by atoms with van der Waals surface area (Å²) in [7, 11) is 1.58. The van der Waals surface area contributed by atoms with Gasteiger partial charge < -0.3 is 19.9 Å². The molecular weight excluding hydrogens is 358 g/mol. The van der Waals surface area contributed by atoms with Crippen LogP contribution in [-0.4, -0.2) is 24.1 Å². The van der Waals surface area contributed by atoms with Gasteiger partial charge in [0, 0.05) is 11.3 Å². The minimum atomic E-state index is -0.978.